The zero-order valence-corrected chi connectivity index (χ0v) is 10.6. The Labute approximate surface area is 98.1 Å². The van der Waals surface area contributed by atoms with Crippen molar-refractivity contribution in [2.45, 2.75) is 34.1 Å². The van der Waals surface area contributed by atoms with Crippen LogP contribution in [0.15, 0.2) is 40.9 Å². The number of hydrogen-bond donors (Lipinski definition) is 0. The first-order valence-corrected chi connectivity index (χ1v) is 5.91. The van der Waals surface area contributed by atoms with E-state index in [1.54, 1.807) is 0 Å². The monoisotopic (exact) mass is 216 g/mol. The molecule has 0 bridgehead atoms. The first kappa shape index (κ1) is 11.2. The van der Waals surface area contributed by atoms with Crippen molar-refractivity contribution in [3.63, 3.8) is 0 Å². The average Bonchev–Trinajstić information content (AvgIpc) is 2.39. The molecule has 2 rings (SSSR count). The minimum atomic E-state index is 0.142. The maximum absolute atomic E-state index is 4.44. The van der Waals surface area contributed by atoms with Crippen LogP contribution in [0.1, 0.15) is 34.1 Å². The van der Waals surface area contributed by atoms with Crippen LogP contribution in [-0.2, 0) is 0 Å². The predicted molar refractivity (Wildman–Crippen MR) is 68.9 cm³/mol. The Balaban J connectivity index is 2.40. The molecule has 0 aromatic rings. The predicted octanol–water partition coefficient (Wildman–Crippen LogP) is 3.70. The molecule has 0 aromatic carbocycles. The smallest absolute Gasteiger partial charge is 0.132 e. The van der Waals surface area contributed by atoms with E-state index in [0.717, 1.165) is 12.2 Å². The molecule has 1 atom stereocenters. The summed E-state index contributed by atoms with van der Waals surface area (Å²) in [7, 11) is 0. The Morgan fingerprint density at radius 3 is 2.81 bits per heavy atom. The van der Waals surface area contributed by atoms with E-state index in [4.69, 9.17) is 0 Å². The van der Waals surface area contributed by atoms with E-state index in [1.807, 2.05) is 6.21 Å². The molecule has 0 spiro atoms. The van der Waals surface area contributed by atoms with E-state index < -0.39 is 0 Å². The van der Waals surface area contributed by atoms with Gasteiger partial charge in [0.15, 0.2) is 0 Å². The Kier molecular flexibility index (Phi) is 2.75. The summed E-state index contributed by atoms with van der Waals surface area (Å²) in [5.41, 5.74) is 1.45. The van der Waals surface area contributed by atoms with Gasteiger partial charge in [-0.15, -0.1) is 0 Å². The number of hydrogen-bond acceptors (Lipinski definition) is 2. The minimum Gasteiger partial charge on any atom is -0.306 e. The highest BCUT2D eigenvalue weighted by Crippen LogP contribution is 2.34. The molecule has 0 aromatic heterocycles. The zero-order valence-electron chi connectivity index (χ0n) is 10.6. The lowest BCUT2D eigenvalue weighted by Gasteiger charge is -2.34. The van der Waals surface area contributed by atoms with Gasteiger partial charge < -0.3 is 4.90 Å². The molecule has 0 aliphatic carbocycles. The lowest BCUT2D eigenvalue weighted by atomic mass is 9.90. The Bertz CT molecular complexity index is 391. The van der Waals surface area contributed by atoms with Crippen LogP contribution in [0, 0.1) is 11.3 Å². The van der Waals surface area contributed by atoms with Crippen LogP contribution in [-0.4, -0.2) is 11.1 Å². The summed E-state index contributed by atoms with van der Waals surface area (Å²) in [6, 6.07) is 0. The van der Waals surface area contributed by atoms with E-state index >= 15 is 0 Å². The Morgan fingerprint density at radius 1 is 1.38 bits per heavy atom. The molecule has 2 aliphatic heterocycles. The lowest BCUT2D eigenvalue weighted by Crippen LogP contribution is -2.27. The van der Waals surface area contributed by atoms with Crippen LogP contribution in [0.3, 0.4) is 0 Å². The average molecular weight is 216 g/mol. The maximum atomic E-state index is 4.44. The highest BCUT2D eigenvalue weighted by molar-refractivity contribution is 5.75. The molecular formula is C14H20N2. The normalized spacial score (nSPS) is 24.8. The third kappa shape index (κ3) is 2.11. The van der Waals surface area contributed by atoms with Crippen molar-refractivity contribution in [1.82, 2.24) is 4.90 Å². The Hall–Kier alpha value is -1.31. The second-order valence-electron chi connectivity index (χ2n) is 5.57. The van der Waals surface area contributed by atoms with Crippen molar-refractivity contribution in [1.29, 1.82) is 0 Å². The van der Waals surface area contributed by atoms with Gasteiger partial charge in [0.05, 0.1) is 0 Å². The summed E-state index contributed by atoms with van der Waals surface area (Å²) in [5.74, 6) is 1.66. The maximum Gasteiger partial charge on any atom is 0.132 e. The van der Waals surface area contributed by atoms with Crippen molar-refractivity contribution in [3.8, 4) is 0 Å². The van der Waals surface area contributed by atoms with Crippen LogP contribution >= 0.6 is 0 Å². The van der Waals surface area contributed by atoms with E-state index in [9.17, 15) is 0 Å². The Morgan fingerprint density at radius 2 is 2.12 bits per heavy atom. The standard InChI is InChI=1S/C14H20N2/c1-11-5-6-13-15-9-7-12(14(2,3)4)16(13)10-8-11/h6-11H,5H2,1-4H3. The molecule has 2 nitrogen and oxygen atoms in total. The minimum absolute atomic E-state index is 0.142. The summed E-state index contributed by atoms with van der Waals surface area (Å²) in [6.45, 7) is 8.93. The van der Waals surface area contributed by atoms with Crippen LogP contribution < -0.4 is 0 Å². The molecule has 1 unspecified atom stereocenters. The summed E-state index contributed by atoms with van der Waals surface area (Å²) in [4.78, 5) is 6.66. The van der Waals surface area contributed by atoms with Crippen molar-refractivity contribution >= 4 is 6.21 Å². The van der Waals surface area contributed by atoms with Gasteiger partial charge in [-0.1, -0.05) is 33.8 Å². The van der Waals surface area contributed by atoms with E-state index in [2.05, 4.69) is 62.0 Å². The molecule has 86 valence electrons. The highest BCUT2D eigenvalue weighted by atomic mass is 15.2. The van der Waals surface area contributed by atoms with E-state index in [0.29, 0.717) is 5.92 Å². The topological polar surface area (TPSA) is 15.6 Å². The fourth-order valence-electron chi connectivity index (χ4n) is 1.97. The molecule has 0 saturated heterocycles. The molecular weight excluding hydrogens is 196 g/mol. The summed E-state index contributed by atoms with van der Waals surface area (Å²) >= 11 is 0. The second kappa shape index (κ2) is 3.93. The SMILES string of the molecule is CC1C=CN2C(=CC1)N=CC=C2C(C)(C)C. The molecule has 0 radical (unpaired) electrons. The van der Waals surface area contributed by atoms with Crippen LogP contribution in [0.2, 0.25) is 0 Å². The zero-order chi connectivity index (χ0) is 11.8. The van der Waals surface area contributed by atoms with E-state index in [1.165, 1.54) is 5.70 Å². The van der Waals surface area contributed by atoms with Gasteiger partial charge in [-0.2, -0.15) is 0 Å². The van der Waals surface area contributed by atoms with Crippen LogP contribution in [0.25, 0.3) is 0 Å². The molecule has 0 fully saturated rings. The second-order valence-corrected chi connectivity index (χ2v) is 5.57. The van der Waals surface area contributed by atoms with Gasteiger partial charge in [0.2, 0.25) is 0 Å². The number of fused-ring (bicyclic) bond motifs is 1. The lowest BCUT2D eigenvalue weighted by molar-refractivity contribution is 0.377. The summed E-state index contributed by atoms with van der Waals surface area (Å²) in [5, 5.41) is 0. The van der Waals surface area contributed by atoms with Crippen molar-refractivity contribution in [2.24, 2.45) is 16.3 Å². The van der Waals surface area contributed by atoms with Crippen LogP contribution in [0.4, 0.5) is 0 Å². The van der Waals surface area contributed by atoms with Crippen LogP contribution in [0.5, 0.6) is 0 Å². The quantitative estimate of drug-likeness (QED) is 0.603. The van der Waals surface area contributed by atoms with Gasteiger partial charge in [0, 0.05) is 23.5 Å². The summed E-state index contributed by atoms with van der Waals surface area (Å²) < 4.78 is 0. The molecule has 0 amide bonds. The van der Waals surface area contributed by atoms with Gasteiger partial charge in [0.25, 0.3) is 0 Å². The first-order valence-electron chi connectivity index (χ1n) is 5.91. The fraction of sp³-hybridized carbons (Fsp3) is 0.500. The summed E-state index contributed by atoms with van der Waals surface area (Å²) in [6.07, 6.45) is 11.7. The first-order chi connectivity index (χ1) is 7.48. The van der Waals surface area contributed by atoms with Gasteiger partial charge in [-0.3, -0.25) is 0 Å². The number of aliphatic imine (C=N–C) groups is 1. The molecule has 2 aliphatic rings. The van der Waals surface area contributed by atoms with Gasteiger partial charge >= 0.3 is 0 Å². The molecule has 0 saturated carbocycles. The fourth-order valence-corrected chi connectivity index (χ4v) is 1.97. The van der Waals surface area contributed by atoms with Gasteiger partial charge in [-0.05, 0) is 24.5 Å². The van der Waals surface area contributed by atoms with Crippen molar-refractivity contribution in [2.75, 3.05) is 0 Å². The third-order valence-electron chi connectivity index (χ3n) is 2.95. The van der Waals surface area contributed by atoms with Gasteiger partial charge in [0.1, 0.15) is 5.82 Å². The number of allylic oxidation sites excluding steroid dienone is 4. The highest BCUT2D eigenvalue weighted by Gasteiger charge is 2.26. The largest absolute Gasteiger partial charge is 0.306 e. The van der Waals surface area contributed by atoms with Crippen molar-refractivity contribution in [3.05, 3.63) is 35.9 Å². The number of nitrogens with zero attached hydrogens (tertiary/aromatic N) is 2. The molecule has 16 heavy (non-hydrogen) atoms. The van der Waals surface area contributed by atoms with Gasteiger partial charge in [-0.25, -0.2) is 4.99 Å². The van der Waals surface area contributed by atoms with Crippen molar-refractivity contribution < 1.29 is 0 Å². The van der Waals surface area contributed by atoms with E-state index in [-0.39, 0.29) is 5.41 Å². The number of rotatable bonds is 0. The molecule has 2 heterocycles. The molecule has 0 N–H and O–H groups in total. The molecule has 2 heteroatoms. The third-order valence-corrected chi connectivity index (χ3v) is 2.95.